The first-order valence-electron chi connectivity index (χ1n) is 10.7. The van der Waals surface area contributed by atoms with E-state index in [1.165, 1.54) is 29.0 Å². The zero-order valence-electron chi connectivity index (χ0n) is 17.2. The van der Waals surface area contributed by atoms with E-state index < -0.39 is 0 Å². The van der Waals surface area contributed by atoms with Gasteiger partial charge in [-0.3, -0.25) is 14.2 Å². The minimum atomic E-state index is -0.296. The maximum atomic E-state index is 13.2. The lowest BCUT2D eigenvalue weighted by Gasteiger charge is -2.33. The van der Waals surface area contributed by atoms with Crippen LogP contribution in [0.25, 0.3) is 10.2 Å². The Hall–Kier alpha value is -2.58. The molecule has 1 amide bonds. The molecule has 162 valence electrons. The van der Waals surface area contributed by atoms with Crippen LogP contribution in [0.5, 0.6) is 0 Å². The molecule has 1 atom stereocenters. The Bertz CT molecular complexity index is 1170. The van der Waals surface area contributed by atoms with Crippen LogP contribution < -0.4 is 5.56 Å². The smallest absolute Gasteiger partial charge is 0.262 e. The first-order valence-corrected chi connectivity index (χ1v) is 11.6. The first-order chi connectivity index (χ1) is 15.1. The molecular formula is C23H24FN3O3S. The number of morpholine rings is 1. The molecule has 1 fully saturated rings. The topological polar surface area (TPSA) is 64.4 Å². The summed E-state index contributed by atoms with van der Waals surface area (Å²) in [5, 5.41) is 0.748. The number of ether oxygens (including phenoxy) is 1. The lowest BCUT2D eigenvalue weighted by molar-refractivity contribution is -0.139. The molecule has 0 spiro atoms. The molecule has 1 unspecified atom stereocenters. The number of nitrogens with zero attached hydrogens (tertiary/aromatic N) is 3. The number of rotatable bonds is 4. The molecule has 2 aromatic heterocycles. The van der Waals surface area contributed by atoms with Gasteiger partial charge >= 0.3 is 0 Å². The SMILES string of the molecule is O=C(CCn1cnc2sc3c(c2c1=O)CCCC3)N1CCOC(c2ccc(F)cc2)C1. The second-order valence-corrected chi connectivity index (χ2v) is 9.22. The predicted molar refractivity (Wildman–Crippen MR) is 117 cm³/mol. The fourth-order valence-electron chi connectivity index (χ4n) is 4.47. The van der Waals surface area contributed by atoms with Crippen molar-refractivity contribution in [2.75, 3.05) is 19.7 Å². The van der Waals surface area contributed by atoms with Crippen LogP contribution in [0.4, 0.5) is 4.39 Å². The van der Waals surface area contributed by atoms with Crippen LogP contribution in [0, 0.1) is 5.82 Å². The van der Waals surface area contributed by atoms with E-state index in [9.17, 15) is 14.0 Å². The number of carbonyl (C=O) groups is 1. The van der Waals surface area contributed by atoms with Gasteiger partial charge in [-0.1, -0.05) is 12.1 Å². The Labute approximate surface area is 183 Å². The van der Waals surface area contributed by atoms with Crippen molar-refractivity contribution in [1.29, 1.82) is 0 Å². The van der Waals surface area contributed by atoms with Crippen molar-refractivity contribution < 1.29 is 13.9 Å². The molecule has 1 aliphatic heterocycles. The molecule has 1 saturated heterocycles. The van der Waals surface area contributed by atoms with Crippen LogP contribution in [-0.4, -0.2) is 40.1 Å². The monoisotopic (exact) mass is 441 g/mol. The molecule has 8 heteroatoms. The molecule has 1 aliphatic carbocycles. The molecule has 0 N–H and O–H groups in total. The van der Waals surface area contributed by atoms with E-state index >= 15 is 0 Å². The number of hydrogen-bond acceptors (Lipinski definition) is 5. The third-order valence-electron chi connectivity index (χ3n) is 6.17. The van der Waals surface area contributed by atoms with E-state index in [-0.39, 0.29) is 29.8 Å². The van der Waals surface area contributed by atoms with Crippen molar-refractivity contribution in [2.45, 2.75) is 44.8 Å². The number of benzene rings is 1. The average molecular weight is 442 g/mol. The highest BCUT2D eigenvalue weighted by Gasteiger charge is 2.26. The van der Waals surface area contributed by atoms with Gasteiger partial charge in [0.25, 0.3) is 5.56 Å². The summed E-state index contributed by atoms with van der Waals surface area (Å²) in [5.74, 6) is -0.315. The first kappa shape index (κ1) is 20.3. The van der Waals surface area contributed by atoms with Gasteiger partial charge in [-0.15, -0.1) is 11.3 Å². The summed E-state index contributed by atoms with van der Waals surface area (Å²) in [7, 11) is 0. The molecule has 1 aromatic carbocycles. The second kappa shape index (κ2) is 8.51. The van der Waals surface area contributed by atoms with Gasteiger partial charge < -0.3 is 9.64 Å². The highest BCUT2D eigenvalue weighted by Crippen LogP contribution is 2.33. The molecule has 0 bridgehead atoms. The summed E-state index contributed by atoms with van der Waals surface area (Å²) in [5.41, 5.74) is 1.98. The molecule has 0 saturated carbocycles. The van der Waals surface area contributed by atoms with Gasteiger partial charge in [-0.25, -0.2) is 9.37 Å². The Morgan fingerprint density at radius 3 is 2.87 bits per heavy atom. The van der Waals surface area contributed by atoms with Crippen molar-refractivity contribution in [3.8, 4) is 0 Å². The largest absolute Gasteiger partial charge is 0.370 e. The standard InChI is InChI=1S/C23H24FN3O3S/c24-16-7-5-15(6-8-16)18-13-26(11-12-30-18)20(28)9-10-27-14-25-22-21(23(27)29)17-3-1-2-4-19(17)31-22/h5-8,14,18H,1-4,9-13H2. The summed E-state index contributed by atoms with van der Waals surface area (Å²) >= 11 is 1.63. The van der Waals surface area contributed by atoms with E-state index in [1.54, 1.807) is 39.3 Å². The van der Waals surface area contributed by atoms with Crippen LogP contribution in [0.15, 0.2) is 35.4 Å². The number of thiophene rings is 1. The van der Waals surface area contributed by atoms with Crippen molar-refractivity contribution in [2.24, 2.45) is 0 Å². The number of hydrogen-bond donors (Lipinski definition) is 0. The molecule has 3 aromatic rings. The number of aryl methyl sites for hydroxylation is 3. The molecule has 5 rings (SSSR count). The van der Waals surface area contributed by atoms with Gasteiger partial charge in [-0.05, 0) is 48.9 Å². The zero-order chi connectivity index (χ0) is 21.4. The summed E-state index contributed by atoms with van der Waals surface area (Å²) in [6.07, 6.45) is 5.78. The van der Waals surface area contributed by atoms with Gasteiger partial charge in [0.05, 0.1) is 24.9 Å². The lowest BCUT2D eigenvalue weighted by Crippen LogP contribution is -2.42. The van der Waals surface area contributed by atoms with E-state index in [1.807, 2.05) is 0 Å². The minimum Gasteiger partial charge on any atom is -0.370 e. The number of fused-ring (bicyclic) bond motifs is 3. The quantitative estimate of drug-likeness (QED) is 0.622. The zero-order valence-corrected chi connectivity index (χ0v) is 18.0. The van der Waals surface area contributed by atoms with Crippen LogP contribution in [-0.2, 0) is 28.9 Å². The Kier molecular flexibility index (Phi) is 5.58. The van der Waals surface area contributed by atoms with Crippen LogP contribution in [0.2, 0.25) is 0 Å². The fourth-order valence-corrected chi connectivity index (χ4v) is 5.69. The Morgan fingerprint density at radius 2 is 2.03 bits per heavy atom. The van der Waals surface area contributed by atoms with E-state index in [0.29, 0.717) is 26.2 Å². The summed E-state index contributed by atoms with van der Waals surface area (Å²) in [4.78, 5) is 34.3. The van der Waals surface area contributed by atoms with Crippen LogP contribution >= 0.6 is 11.3 Å². The molecule has 3 heterocycles. The number of aromatic nitrogens is 2. The van der Waals surface area contributed by atoms with Crippen LogP contribution in [0.3, 0.4) is 0 Å². The Morgan fingerprint density at radius 1 is 1.23 bits per heavy atom. The van der Waals surface area contributed by atoms with Crippen molar-refractivity contribution in [3.63, 3.8) is 0 Å². The minimum absolute atomic E-state index is 0.0187. The third kappa shape index (κ3) is 4.02. The third-order valence-corrected chi connectivity index (χ3v) is 7.37. The highest BCUT2D eigenvalue weighted by molar-refractivity contribution is 7.18. The highest BCUT2D eigenvalue weighted by atomic mass is 32.1. The molecule has 0 radical (unpaired) electrons. The van der Waals surface area contributed by atoms with Crippen molar-refractivity contribution in [3.05, 3.63) is 62.8 Å². The van der Waals surface area contributed by atoms with E-state index in [4.69, 9.17) is 4.74 Å². The Balaban J connectivity index is 1.28. The normalized spacial score (nSPS) is 18.9. The summed E-state index contributed by atoms with van der Waals surface area (Å²) in [6.45, 7) is 1.68. The average Bonchev–Trinajstić information content (AvgIpc) is 3.18. The molecule has 31 heavy (non-hydrogen) atoms. The molecular weight excluding hydrogens is 417 g/mol. The maximum Gasteiger partial charge on any atom is 0.262 e. The van der Waals surface area contributed by atoms with E-state index in [0.717, 1.165) is 35.0 Å². The number of amides is 1. The van der Waals surface area contributed by atoms with Gasteiger partial charge in [0, 0.05) is 24.4 Å². The van der Waals surface area contributed by atoms with Crippen molar-refractivity contribution >= 4 is 27.5 Å². The lowest BCUT2D eigenvalue weighted by atomic mass is 9.97. The van der Waals surface area contributed by atoms with E-state index in [2.05, 4.69) is 4.98 Å². The number of halogens is 1. The summed E-state index contributed by atoms with van der Waals surface area (Å²) < 4.78 is 20.5. The molecule has 2 aliphatic rings. The van der Waals surface area contributed by atoms with Crippen molar-refractivity contribution in [1.82, 2.24) is 14.5 Å². The maximum absolute atomic E-state index is 13.2. The summed E-state index contributed by atoms with van der Waals surface area (Å²) in [6, 6.07) is 6.18. The van der Waals surface area contributed by atoms with Gasteiger partial charge in [-0.2, -0.15) is 0 Å². The number of carbonyl (C=O) groups excluding carboxylic acids is 1. The second-order valence-electron chi connectivity index (χ2n) is 8.13. The fraction of sp³-hybridized carbons (Fsp3) is 0.435. The predicted octanol–water partition coefficient (Wildman–Crippen LogP) is 3.47. The molecule has 6 nitrogen and oxygen atoms in total. The van der Waals surface area contributed by atoms with Gasteiger partial charge in [0.2, 0.25) is 5.91 Å². The van der Waals surface area contributed by atoms with Crippen LogP contribution in [0.1, 0.15) is 41.4 Å². The van der Waals surface area contributed by atoms with Gasteiger partial charge in [0.1, 0.15) is 16.8 Å². The van der Waals surface area contributed by atoms with Gasteiger partial charge in [0.15, 0.2) is 0 Å².